The maximum Gasteiger partial charge on any atom is 0.0233 e. The summed E-state index contributed by atoms with van der Waals surface area (Å²) in [5.74, 6) is 0.926. The van der Waals surface area contributed by atoms with E-state index < -0.39 is 0 Å². The zero-order valence-corrected chi connectivity index (χ0v) is 11.1. The van der Waals surface area contributed by atoms with Crippen LogP contribution in [-0.2, 0) is 13.1 Å². The minimum Gasteiger partial charge on any atom is -0.316 e. The minimum atomic E-state index is 0.926. The molecule has 0 radical (unpaired) electrons. The lowest BCUT2D eigenvalue weighted by atomic mass is 10.1. The molecular formula is C15H24N2. The Morgan fingerprint density at radius 1 is 1.35 bits per heavy atom. The van der Waals surface area contributed by atoms with Gasteiger partial charge in [-0.2, -0.15) is 0 Å². The Bertz CT molecular complexity index is 349. The fourth-order valence-electron chi connectivity index (χ4n) is 2.69. The molecule has 2 heteroatoms. The van der Waals surface area contributed by atoms with Crippen LogP contribution in [0.2, 0.25) is 0 Å². The van der Waals surface area contributed by atoms with E-state index in [9.17, 15) is 0 Å². The average Bonchev–Trinajstić information content (AvgIpc) is 2.78. The number of likely N-dealkylation sites (tertiary alicyclic amines) is 1. The van der Waals surface area contributed by atoms with Crippen LogP contribution in [0.15, 0.2) is 24.3 Å². The SMILES string of the molecule is CCC1CCN(Cc2cccc(CNC)c2)C1. The molecule has 1 atom stereocenters. The highest BCUT2D eigenvalue weighted by Gasteiger charge is 2.20. The molecule has 1 aliphatic heterocycles. The highest BCUT2D eigenvalue weighted by Crippen LogP contribution is 2.21. The molecule has 1 saturated heterocycles. The topological polar surface area (TPSA) is 15.3 Å². The molecule has 1 heterocycles. The van der Waals surface area contributed by atoms with Gasteiger partial charge >= 0.3 is 0 Å². The van der Waals surface area contributed by atoms with E-state index in [0.717, 1.165) is 19.0 Å². The van der Waals surface area contributed by atoms with Gasteiger partial charge in [0.1, 0.15) is 0 Å². The quantitative estimate of drug-likeness (QED) is 0.839. The van der Waals surface area contributed by atoms with Gasteiger partial charge in [0.2, 0.25) is 0 Å². The summed E-state index contributed by atoms with van der Waals surface area (Å²) in [5, 5.41) is 3.21. The van der Waals surface area contributed by atoms with Gasteiger partial charge in [0.25, 0.3) is 0 Å². The molecule has 0 saturated carbocycles. The van der Waals surface area contributed by atoms with Crippen LogP contribution in [0.5, 0.6) is 0 Å². The zero-order valence-electron chi connectivity index (χ0n) is 11.1. The first-order valence-electron chi connectivity index (χ1n) is 6.76. The fourth-order valence-corrected chi connectivity index (χ4v) is 2.69. The van der Waals surface area contributed by atoms with Crippen molar-refractivity contribution in [3.8, 4) is 0 Å². The van der Waals surface area contributed by atoms with E-state index >= 15 is 0 Å². The lowest BCUT2D eigenvalue weighted by Crippen LogP contribution is -2.20. The third-order valence-electron chi connectivity index (χ3n) is 3.73. The Balaban J connectivity index is 1.92. The smallest absolute Gasteiger partial charge is 0.0233 e. The van der Waals surface area contributed by atoms with E-state index in [4.69, 9.17) is 0 Å². The van der Waals surface area contributed by atoms with E-state index in [1.165, 1.54) is 37.1 Å². The van der Waals surface area contributed by atoms with Crippen molar-refractivity contribution in [2.75, 3.05) is 20.1 Å². The van der Waals surface area contributed by atoms with Gasteiger partial charge in [-0.05, 0) is 37.1 Å². The van der Waals surface area contributed by atoms with E-state index in [2.05, 4.69) is 41.4 Å². The molecule has 1 aliphatic rings. The second-order valence-electron chi connectivity index (χ2n) is 5.15. The second kappa shape index (κ2) is 6.18. The summed E-state index contributed by atoms with van der Waals surface area (Å²) in [6.07, 6.45) is 2.71. The predicted octanol–water partition coefficient (Wildman–Crippen LogP) is 2.64. The van der Waals surface area contributed by atoms with Crippen LogP contribution in [0, 0.1) is 5.92 Å². The molecule has 0 aliphatic carbocycles. The first kappa shape index (κ1) is 12.6. The van der Waals surface area contributed by atoms with Gasteiger partial charge in [0, 0.05) is 19.6 Å². The van der Waals surface area contributed by atoms with Gasteiger partial charge in [-0.25, -0.2) is 0 Å². The fraction of sp³-hybridized carbons (Fsp3) is 0.600. The molecule has 0 amide bonds. The Morgan fingerprint density at radius 2 is 2.18 bits per heavy atom. The van der Waals surface area contributed by atoms with Gasteiger partial charge < -0.3 is 5.32 Å². The van der Waals surface area contributed by atoms with Crippen molar-refractivity contribution in [1.82, 2.24) is 10.2 Å². The predicted molar refractivity (Wildman–Crippen MR) is 72.9 cm³/mol. The third kappa shape index (κ3) is 3.55. The molecule has 1 aromatic rings. The second-order valence-corrected chi connectivity index (χ2v) is 5.15. The molecule has 2 rings (SSSR count). The lowest BCUT2D eigenvalue weighted by Gasteiger charge is -2.16. The van der Waals surface area contributed by atoms with Crippen LogP contribution in [0.4, 0.5) is 0 Å². The summed E-state index contributed by atoms with van der Waals surface area (Å²) in [6, 6.07) is 8.95. The summed E-state index contributed by atoms with van der Waals surface area (Å²) in [5.41, 5.74) is 2.84. The first-order valence-corrected chi connectivity index (χ1v) is 6.76. The number of nitrogens with zero attached hydrogens (tertiary/aromatic N) is 1. The van der Waals surface area contributed by atoms with Crippen LogP contribution >= 0.6 is 0 Å². The van der Waals surface area contributed by atoms with Crippen molar-refractivity contribution in [2.24, 2.45) is 5.92 Å². The van der Waals surface area contributed by atoms with Gasteiger partial charge in [0.15, 0.2) is 0 Å². The highest BCUT2D eigenvalue weighted by molar-refractivity contribution is 5.23. The monoisotopic (exact) mass is 232 g/mol. The highest BCUT2D eigenvalue weighted by atomic mass is 15.1. The lowest BCUT2D eigenvalue weighted by molar-refractivity contribution is 0.315. The Hall–Kier alpha value is -0.860. The van der Waals surface area contributed by atoms with Crippen molar-refractivity contribution in [3.05, 3.63) is 35.4 Å². The summed E-state index contributed by atoms with van der Waals surface area (Å²) in [4.78, 5) is 2.59. The Labute approximate surface area is 105 Å². The molecule has 0 aromatic heterocycles. The maximum atomic E-state index is 3.21. The summed E-state index contributed by atoms with van der Waals surface area (Å²) < 4.78 is 0. The first-order chi connectivity index (χ1) is 8.31. The van der Waals surface area contributed by atoms with Crippen molar-refractivity contribution < 1.29 is 0 Å². The minimum absolute atomic E-state index is 0.926. The molecule has 1 fully saturated rings. The van der Waals surface area contributed by atoms with Crippen LogP contribution in [0.1, 0.15) is 30.9 Å². The summed E-state index contributed by atoms with van der Waals surface area (Å²) in [6.45, 7) is 6.95. The molecule has 1 N–H and O–H groups in total. The summed E-state index contributed by atoms with van der Waals surface area (Å²) in [7, 11) is 2.00. The molecule has 0 bridgehead atoms. The van der Waals surface area contributed by atoms with Crippen molar-refractivity contribution in [3.63, 3.8) is 0 Å². The zero-order chi connectivity index (χ0) is 12.1. The van der Waals surface area contributed by atoms with Crippen LogP contribution < -0.4 is 5.32 Å². The molecule has 17 heavy (non-hydrogen) atoms. The molecule has 1 unspecified atom stereocenters. The van der Waals surface area contributed by atoms with Crippen LogP contribution in [-0.4, -0.2) is 25.0 Å². The van der Waals surface area contributed by atoms with Crippen LogP contribution in [0.3, 0.4) is 0 Å². The number of hydrogen-bond donors (Lipinski definition) is 1. The third-order valence-corrected chi connectivity index (χ3v) is 3.73. The molecular weight excluding hydrogens is 208 g/mol. The van der Waals surface area contributed by atoms with E-state index in [1.54, 1.807) is 0 Å². The Morgan fingerprint density at radius 3 is 2.88 bits per heavy atom. The van der Waals surface area contributed by atoms with Crippen LogP contribution in [0.25, 0.3) is 0 Å². The van der Waals surface area contributed by atoms with Gasteiger partial charge in [-0.15, -0.1) is 0 Å². The van der Waals surface area contributed by atoms with Gasteiger partial charge in [-0.3, -0.25) is 4.90 Å². The normalized spacial score (nSPS) is 20.9. The van der Waals surface area contributed by atoms with E-state index in [0.29, 0.717) is 0 Å². The molecule has 0 spiro atoms. The summed E-state index contributed by atoms with van der Waals surface area (Å²) >= 11 is 0. The molecule has 2 nitrogen and oxygen atoms in total. The standard InChI is InChI=1S/C15H24N2/c1-3-13-7-8-17(11-13)12-15-6-4-5-14(9-15)10-16-2/h4-6,9,13,16H,3,7-8,10-12H2,1-2H3. The Kier molecular flexibility index (Phi) is 4.57. The molecule has 94 valence electrons. The maximum absolute atomic E-state index is 3.21. The molecule has 1 aromatic carbocycles. The van der Waals surface area contributed by atoms with Crippen molar-refractivity contribution in [1.29, 1.82) is 0 Å². The largest absolute Gasteiger partial charge is 0.316 e. The average molecular weight is 232 g/mol. The number of nitrogens with one attached hydrogen (secondary N) is 1. The number of benzene rings is 1. The van der Waals surface area contributed by atoms with E-state index in [1.807, 2.05) is 7.05 Å². The van der Waals surface area contributed by atoms with Crippen molar-refractivity contribution in [2.45, 2.75) is 32.9 Å². The van der Waals surface area contributed by atoms with Crippen molar-refractivity contribution >= 4 is 0 Å². The number of rotatable bonds is 5. The van der Waals surface area contributed by atoms with Gasteiger partial charge in [0.05, 0.1) is 0 Å². The van der Waals surface area contributed by atoms with Gasteiger partial charge in [-0.1, -0.05) is 37.6 Å². The number of hydrogen-bond acceptors (Lipinski definition) is 2. The van der Waals surface area contributed by atoms with E-state index in [-0.39, 0.29) is 0 Å².